The molecule has 0 saturated heterocycles. The molecule has 3 aromatic heterocycles. The topological polar surface area (TPSA) is 59.3 Å². The molecule has 3 aromatic rings. The van der Waals surface area contributed by atoms with Gasteiger partial charge in [0.05, 0.1) is 0 Å². The number of nitrogens with zero attached hydrogens (tertiary/aromatic N) is 3. The largest absolute Gasteiger partial charge is 0.348 e. The smallest absolute Gasteiger partial charge is 0.272 e. The van der Waals surface area contributed by atoms with E-state index in [1.54, 1.807) is 40.4 Å². The van der Waals surface area contributed by atoms with Crippen molar-refractivity contribution in [3.05, 3.63) is 52.6 Å². The third kappa shape index (κ3) is 2.70. The average Bonchev–Trinajstić information content (AvgIpc) is 3.06. The minimum absolute atomic E-state index is 0.0647. The fourth-order valence-corrected chi connectivity index (χ4v) is 2.73. The highest BCUT2D eigenvalue weighted by atomic mass is 32.1. The summed E-state index contributed by atoms with van der Waals surface area (Å²) in [5.74, 6) is -0.168. The molecule has 0 radical (unpaired) electrons. The average molecular weight is 286 g/mol. The number of carbonyl (C=O) groups is 1. The van der Waals surface area contributed by atoms with Crippen LogP contribution in [0.15, 0.2) is 41.4 Å². The first-order chi connectivity index (χ1) is 9.72. The van der Waals surface area contributed by atoms with Crippen LogP contribution in [0.25, 0.3) is 5.65 Å². The Hall–Kier alpha value is -2.21. The maximum Gasteiger partial charge on any atom is 0.272 e. The summed E-state index contributed by atoms with van der Waals surface area (Å²) in [5, 5.41) is 11.3. The zero-order valence-corrected chi connectivity index (χ0v) is 11.8. The van der Waals surface area contributed by atoms with Gasteiger partial charge in [-0.15, -0.1) is 0 Å². The van der Waals surface area contributed by atoms with Crippen molar-refractivity contribution in [2.24, 2.45) is 0 Å². The van der Waals surface area contributed by atoms with E-state index in [4.69, 9.17) is 0 Å². The highest BCUT2D eigenvalue weighted by molar-refractivity contribution is 7.07. The third-order valence-electron chi connectivity index (χ3n) is 2.97. The molecule has 0 saturated carbocycles. The van der Waals surface area contributed by atoms with Gasteiger partial charge in [-0.3, -0.25) is 4.79 Å². The molecule has 5 nitrogen and oxygen atoms in total. The van der Waals surface area contributed by atoms with E-state index in [1.165, 1.54) is 5.56 Å². The van der Waals surface area contributed by atoms with Crippen LogP contribution in [-0.4, -0.2) is 26.5 Å². The van der Waals surface area contributed by atoms with Crippen molar-refractivity contribution in [1.29, 1.82) is 0 Å². The number of aromatic nitrogens is 3. The van der Waals surface area contributed by atoms with E-state index in [1.807, 2.05) is 12.3 Å². The Kier molecular flexibility index (Phi) is 3.47. The van der Waals surface area contributed by atoms with Gasteiger partial charge in [-0.1, -0.05) is 0 Å². The van der Waals surface area contributed by atoms with Gasteiger partial charge in [0.25, 0.3) is 5.91 Å². The van der Waals surface area contributed by atoms with Crippen LogP contribution in [0.3, 0.4) is 0 Å². The minimum Gasteiger partial charge on any atom is -0.348 e. The Morgan fingerprint density at radius 2 is 2.45 bits per heavy atom. The Bertz CT molecular complexity index is 687. The number of amides is 1. The van der Waals surface area contributed by atoms with Gasteiger partial charge in [0, 0.05) is 24.5 Å². The monoisotopic (exact) mass is 286 g/mol. The highest BCUT2D eigenvalue weighted by Gasteiger charge is 2.14. The van der Waals surface area contributed by atoms with Gasteiger partial charge < -0.3 is 5.32 Å². The summed E-state index contributed by atoms with van der Waals surface area (Å²) in [4.78, 5) is 16.3. The number of carbonyl (C=O) groups excluding carboxylic acids is 1. The second kappa shape index (κ2) is 5.42. The quantitative estimate of drug-likeness (QED) is 0.799. The zero-order valence-electron chi connectivity index (χ0n) is 11.0. The van der Waals surface area contributed by atoms with Crippen LogP contribution >= 0.6 is 11.3 Å². The molecule has 6 heteroatoms. The van der Waals surface area contributed by atoms with E-state index >= 15 is 0 Å². The van der Waals surface area contributed by atoms with Crippen molar-refractivity contribution in [3.8, 4) is 0 Å². The molecule has 1 amide bonds. The molecule has 0 bridgehead atoms. The number of thiophene rings is 1. The molecular formula is C14H14N4OS. The fraction of sp³-hybridized carbons (Fsp3) is 0.214. The van der Waals surface area contributed by atoms with E-state index in [-0.39, 0.29) is 11.9 Å². The molecule has 3 heterocycles. The van der Waals surface area contributed by atoms with Crippen molar-refractivity contribution in [3.63, 3.8) is 0 Å². The van der Waals surface area contributed by atoms with Crippen molar-refractivity contribution >= 4 is 22.9 Å². The first kappa shape index (κ1) is 12.8. The van der Waals surface area contributed by atoms with Crippen molar-refractivity contribution in [2.75, 3.05) is 0 Å². The molecule has 0 aliphatic carbocycles. The van der Waals surface area contributed by atoms with Crippen LogP contribution in [0, 0.1) is 0 Å². The summed E-state index contributed by atoms with van der Waals surface area (Å²) in [7, 11) is 0. The normalized spacial score (nSPS) is 12.4. The summed E-state index contributed by atoms with van der Waals surface area (Å²) >= 11 is 1.66. The van der Waals surface area contributed by atoms with Crippen molar-refractivity contribution in [2.45, 2.75) is 19.4 Å². The second-order valence-corrected chi connectivity index (χ2v) is 5.44. The van der Waals surface area contributed by atoms with E-state index in [2.05, 4.69) is 26.8 Å². The lowest BCUT2D eigenvalue weighted by molar-refractivity contribution is 0.0935. The maximum atomic E-state index is 12.1. The summed E-state index contributed by atoms with van der Waals surface area (Å²) in [6.07, 6.45) is 4.27. The third-order valence-corrected chi connectivity index (χ3v) is 3.70. The fourth-order valence-electron chi connectivity index (χ4n) is 2.05. The Balaban J connectivity index is 1.69. The molecule has 1 unspecified atom stereocenters. The molecule has 0 aliphatic rings. The molecule has 0 spiro atoms. The van der Waals surface area contributed by atoms with Crippen LogP contribution in [0.1, 0.15) is 23.0 Å². The van der Waals surface area contributed by atoms with Crippen LogP contribution in [0.4, 0.5) is 0 Å². The van der Waals surface area contributed by atoms with Crippen molar-refractivity contribution in [1.82, 2.24) is 19.9 Å². The lowest BCUT2D eigenvalue weighted by atomic mass is 10.1. The van der Waals surface area contributed by atoms with E-state index < -0.39 is 0 Å². The minimum atomic E-state index is -0.168. The van der Waals surface area contributed by atoms with Gasteiger partial charge in [0.15, 0.2) is 11.3 Å². The Labute approximate surface area is 120 Å². The van der Waals surface area contributed by atoms with Crippen LogP contribution in [0.2, 0.25) is 0 Å². The van der Waals surface area contributed by atoms with Gasteiger partial charge in [-0.05, 0) is 41.8 Å². The molecule has 20 heavy (non-hydrogen) atoms. The van der Waals surface area contributed by atoms with Gasteiger partial charge in [-0.25, -0.2) is 9.50 Å². The Morgan fingerprint density at radius 3 is 3.20 bits per heavy atom. The molecule has 1 N–H and O–H groups in total. The number of hydrogen-bond acceptors (Lipinski definition) is 4. The number of hydrogen-bond donors (Lipinski definition) is 1. The molecule has 0 fully saturated rings. The summed E-state index contributed by atoms with van der Waals surface area (Å²) in [5.41, 5.74) is 2.29. The lowest BCUT2D eigenvalue weighted by Crippen LogP contribution is -2.34. The van der Waals surface area contributed by atoms with Gasteiger partial charge in [-0.2, -0.15) is 16.4 Å². The molecule has 0 aliphatic heterocycles. The SMILES string of the molecule is CC(Cc1ccsc1)NC(=O)c1cc2ncccn2n1. The van der Waals surface area contributed by atoms with E-state index in [0.29, 0.717) is 11.3 Å². The summed E-state index contributed by atoms with van der Waals surface area (Å²) in [6, 6.07) is 5.60. The standard InChI is InChI=1S/C14H14N4OS/c1-10(7-11-3-6-20-9-11)16-14(19)12-8-13-15-4-2-5-18(13)17-12/h2-6,8-10H,7H2,1H3,(H,16,19). The van der Waals surface area contributed by atoms with E-state index in [0.717, 1.165) is 6.42 Å². The molecule has 0 aromatic carbocycles. The maximum absolute atomic E-state index is 12.1. The summed E-state index contributed by atoms with van der Waals surface area (Å²) < 4.78 is 1.60. The highest BCUT2D eigenvalue weighted by Crippen LogP contribution is 2.09. The molecule has 3 rings (SSSR count). The first-order valence-corrected chi connectivity index (χ1v) is 7.29. The predicted molar refractivity (Wildman–Crippen MR) is 77.9 cm³/mol. The van der Waals surface area contributed by atoms with Crippen molar-refractivity contribution < 1.29 is 4.79 Å². The first-order valence-electron chi connectivity index (χ1n) is 6.35. The summed E-state index contributed by atoms with van der Waals surface area (Å²) in [6.45, 7) is 1.99. The van der Waals surface area contributed by atoms with Crippen LogP contribution in [-0.2, 0) is 6.42 Å². The second-order valence-electron chi connectivity index (χ2n) is 4.66. The number of fused-ring (bicyclic) bond motifs is 1. The van der Waals surface area contributed by atoms with Crippen LogP contribution in [0.5, 0.6) is 0 Å². The molecular weight excluding hydrogens is 272 g/mol. The van der Waals surface area contributed by atoms with Gasteiger partial charge >= 0.3 is 0 Å². The molecule has 102 valence electrons. The number of rotatable bonds is 4. The van der Waals surface area contributed by atoms with Crippen LogP contribution < -0.4 is 5.32 Å². The molecule has 1 atom stereocenters. The van der Waals surface area contributed by atoms with E-state index in [9.17, 15) is 4.79 Å². The predicted octanol–water partition coefficient (Wildman–Crippen LogP) is 2.15. The zero-order chi connectivity index (χ0) is 13.9. The lowest BCUT2D eigenvalue weighted by Gasteiger charge is -2.11. The number of nitrogens with one attached hydrogen (secondary N) is 1. The van der Waals surface area contributed by atoms with Gasteiger partial charge in [0.1, 0.15) is 0 Å². The van der Waals surface area contributed by atoms with Gasteiger partial charge in [0.2, 0.25) is 0 Å². The Morgan fingerprint density at radius 1 is 1.55 bits per heavy atom.